The van der Waals surface area contributed by atoms with Gasteiger partial charge in [-0.1, -0.05) is 0 Å². The molecule has 2 amide bonds. The summed E-state index contributed by atoms with van der Waals surface area (Å²) < 4.78 is 73.2. The molecule has 4 aromatic carbocycles. The molecule has 0 spiro atoms. The Kier molecular flexibility index (Phi) is 13.4. The van der Waals surface area contributed by atoms with Crippen LogP contribution < -0.4 is 29.4 Å². The summed E-state index contributed by atoms with van der Waals surface area (Å²) in [5, 5.41) is 54.5. The van der Waals surface area contributed by atoms with Crippen molar-refractivity contribution in [1.82, 2.24) is 15.4 Å². The number of carbonyl (C=O) groups is 6. The van der Waals surface area contributed by atoms with E-state index in [0.717, 1.165) is 18.2 Å². The maximum Gasteiger partial charge on any atom is 0.391 e. The molecule has 5 aromatic rings. The van der Waals surface area contributed by atoms with Crippen LogP contribution in [0.4, 0.5) is 4.39 Å². The summed E-state index contributed by atoms with van der Waals surface area (Å²) >= 11 is 0.602. The summed E-state index contributed by atoms with van der Waals surface area (Å²) in [7, 11) is -9.62. The molecule has 0 radical (unpaired) electrons. The first-order valence-corrected chi connectivity index (χ1v) is 23.6. The molecule has 0 saturated carbocycles. The van der Waals surface area contributed by atoms with Gasteiger partial charge in [-0.05, 0) is 81.2 Å². The second kappa shape index (κ2) is 18.8. The Balaban J connectivity index is 1.49. The summed E-state index contributed by atoms with van der Waals surface area (Å²) in [5.74, 6) is -9.29. The van der Waals surface area contributed by atoms with Crippen molar-refractivity contribution in [2.24, 2.45) is 0 Å². The van der Waals surface area contributed by atoms with Gasteiger partial charge < -0.3 is 50.0 Å². The Morgan fingerprint density at radius 3 is 1.73 bits per heavy atom. The van der Waals surface area contributed by atoms with Crippen LogP contribution >= 0.6 is 18.9 Å². The zero-order valence-electron chi connectivity index (χ0n) is 34.2. The van der Waals surface area contributed by atoms with Crippen LogP contribution in [0.3, 0.4) is 0 Å². The third kappa shape index (κ3) is 10.2. The lowest BCUT2D eigenvalue weighted by Gasteiger charge is -2.26. The van der Waals surface area contributed by atoms with Gasteiger partial charge in [0.1, 0.15) is 52.8 Å². The van der Waals surface area contributed by atoms with E-state index in [0.29, 0.717) is 17.4 Å². The van der Waals surface area contributed by atoms with E-state index in [9.17, 15) is 71.5 Å². The minimum Gasteiger partial charge on any atom is -0.491 e. The van der Waals surface area contributed by atoms with Gasteiger partial charge >= 0.3 is 31.5 Å². The zero-order chi connectivity index (χ0) is 48.5. The Morgan fingerprint density at radius 1 is 0.761 bits per heavy atom. The number of fused-ring (bicyclic) bond motifs is 5. The number of carboxylic acids is 4. The Bertz CT molecular complexity index is 3040. The van der Waals surface area contributed by atoms with Gasteiger partial charge in [0.2, 0.25) is 0 Å². The number of carbonyl (C=O) groups excluding carboxylic acids is 2. The number of hydrogen-bond donors (Lipinski definition) is 8. The fourth-order valence-corrected chi connectivity index (χ4v) is 11.6. The number of nitrogens with one attached hydrogen (secondary N) is 3. The van der Waals surface area contributed by atoms with Crippen LogP contribution in [0.15, 0.2) is 52.7 Å². The molecule has 0 aliphatic carbocycles. The number of sulfonamides is 1. The van der Waals surface area contributed by atoms with E-state index in [1.165, 1.54) is 24.3 Å². The van der Waals surface area contributed by atoms with E-state index in [4.69, 9.17) is 19.3 Å². The van der Waals surface area contributed by atoms with Crippen molar-refractivity contribution in [1.29, 1.82) is 5.26 Å². The number of rotatable bonds is 16. The monoisotopic (exact) mass is 980 g/mol. The molecular weight excluding hydrogens is 947 g/mol. The highest BCUT2D eigenvalue weighted by Gasteiger charge is 2.34. The molecule has 25 heteroatoms. The highest BCUT2D eigenvalue weighted by atomic mass is 32.2. The first-order valence-electron chi connectivity index (χ1n) is 19.5. The number of halogens is 1. The molecule has 1 unspecified atom stereocenters. The highest BCUT2D eigenvalue weighted by molar-refractivity contribution is 7.92. The maximum absolute atomic E-state index is 14.2. The van der Waals surface area contributed by atoms with E-state index in [2.05, 4.69) is 10.6 Å². The lowest BCUT2D eigenvalue weighted by atomic mass is 9.81. The second-order valence-electron chi connectivity index (χ2n) is 14.8. The van der Waals surface area contributed by atoms with E-state index >= 15 is 0 Å². The molecule has 1 atom stereocenters. The van der Waals surface area contributed by atoms with Crippen LogP contribution in [0.25, 0.3) is 32.3 Å². The van der Waals surface area contributed by atoms with Gasteiger partial charge in [0, 0.05) is 21.9 Å². The van der Waals surface area contributed by atoms with Crippen LogP contribution in [-0.4, -0.2) is 102 Å². The third-order valence-corrected chi connectivity index (χ3v) is 14.5. The van der Waals surface area contributed by atoms with Gasteiger partial charge in [-0.15, -0.1) is 11.3 Å². The van der Waals surface area contributed by atoms with Gasteiger partial charge in [0.05, 0.1) is 55.5 Å². The van der Waals surface area contributed by atoms with Crippen LogP contribution in [0.1, 0.15) is 48.5 Å². The van der Waals surface area contributed by atoms with Crippen LogP contribution in [0.5, 0.6) is 17.2 Å². The quantitative estimate of drug-likeness (QED) is 0.0656. The van der Waals surface area contributed by atoms with E-state index in [-0.39, 0.29) is 109 Å². The standard InChI is InChI=1S/C42H34FN4O17PS2/c43-30-9-21(2-1-19(30)17-44)64-65(58,59)18-47-67(60,61)38-8-20-7-22(23-10-31-28(15-36(52)53)39(26(23)13-34(48)49)41(56)45-3-5-62-31)25(12-33(20)66-38)24-11-32-29(16-37(54)55)40(27(24)14-35(50)51)42(57)46-4-6-63-32/h1-2,7-12,47H,3-6,13-16,18H2,(H,45,56)(H,46,57)(H,48,49)(H,50,51)(H,52,53)(H,54,55)(H,58,59). The second-order valence-corrected chi connectivity index (χ2v) is 19.6. The lowest BCUT2D eigenvalue weighted by molar-refractivity contribution is -0.137. The third-order valence-electron chi connectivity index (χ3n) is 10.3. The van der Waals surface area contributed by atoms with Crippen molar-refractivity contribution >= 4 is 74.7 Å². The molecule has 8 N–H and O–H groups in total. The number of nitrogens with zero attached hydrogens (tertiary/aromatic N) is 1. The first kappa shape index (κ1) is 47.5. The topological polar surface area (TPSA) is 342 Å². The van der Waals surface area contributed by atoms with Crippen molar-refractivity contribution in [2.75, 3.05) is 32.6 Å². The van der Waals surface area contributed by atoms with Crippen LogP contribution in [-0.2, 0) is 59.4 Å². The predicted molar refractivity (Wildman–Crippen MR) is 230 cm³/mol. The molecule has 0 saturated heterocycles. The number of carboxylic acid groups (broad SMARTS) is 4. The SMILES string of the molecule is N#Cc1ccc(OP(=O)(O)CNS(=O)(=O)c2cc3cc(-c4cc5c(CC(=O)O)c(c4CC(=O)O)C(=O)NCCO5)c(-c4cc5c(CC(=O)O)c(c4CC(=O)O)C(=O)NCCO5)cc3s2)cc1F. The molecule has 21 nitrogen and oxygen atoms in total. The normalized spacial score (nSPS) is 14.3. The summed E-state index contributed by atoms with van der Waals surface area (Å²) in [6.07, 6.45) is -4.63. The summed E-state index contributed by atoms with van der Waals surface area (Å²) in [5.41, 5.74) is -2.14. The lowest BCUT2D eigenvalue weighted by Crippen LogP contribution is -2.33. The molecule has 348 valence electrons. The number of aliphatic carboxylic acids is 4. The number of ether oxygens (including phenoxy) is 2. The fraction of sp³-hybridized carbons (Fsp3) is 0.214. The Labute approximate surface area is 380 Å². The fourth-order valence-electron chi connectivity index (χ4n) is 7.65. The molecule has 3 heterocycles. The van der Waals surface area contributed by atoms with Crippen molar-refractivity contribution in [3.05, 3.63) is 93.3 Å². The number of amides is 2. The average Bonchev–Trinajstić information content (AvgIpc) is 3.67. The summed E-state index contributed by atoms with van der Waals surface area (Å²) in [4.78, 5) is 87.7. The number of hydrogen-bond acceptors (Lipinski definition) is 14. The van der Waals surface area contributed by atoms with Crippen molar-refractivity contribution in [3.8, 4) is 45.6 Å². The zero-order valence-corrected chi connectivity index (χ0v) is 36.7. The van der Waals surface area contributed by atoms with Crippen LogP contribution in [0, 0.1) is 17.1 Å². The van der Waals surface area contributed by atoms with E-state index < -0.39 is 101 Å². The predicted octanol–water partition coefficient (Wildman–Crippen LogP) is 3.50. The number of thiophene rings is 1. The minimum absolute atomic E-state index is 0.0289. The van der Waals surface area contributed by atoms with Gasteiger partial charge in [-0.3, -0.25) is 28.8 Å². The van der Waals surface area contributed by atoms with Crippen molar-refractivity contribution in [2.45, 2.75) is 29.9 Å². The van der Waals surface area contributed by atoms with Crippen molar-refractivity contribution in [3.63, 3.8) is 0 Å². The first-order chi connectivity index (χ1) is 31.7. The van der Waals surface area contributed by atoms with Gasteiger partial charge in [0.25, 0.3) is 21.8 Å². The van der Waals surface area contributed by atoms with Gasteiger partial charge in [0.15, 0.2) is 0 Å². The Morgan fingerprint density at radius 2 is 1.25 bits per heavy atom. The molecular formula is C42H34FN4O17PS2. The van der Waals surface area contributed by atoms with E-state index in [1.807, 2.05) is 4.72 Å². The number of nitriles is 1. The molecule has 0 fully saturated rings. The van der Waals surface area contributed by atoms with E-state index in [1.54, 1.807) is 6.07 Å². The molecule has 7 rings (SSSR count). The largest absolute Gasteiger partial charge is 0.491 e. The van der Waals surface area contributed by atoms with Crippen molar-refractivity contribution < 1.29 is 85.5 Å². The summed E-state index contributed by atoms with van der Waals surface area (Å²) in [6, 6.07) is 10.7. The average molecular weight is 981 g/mol. The molecule has 1 aromatic heterocycles. The summed E-state index contributed by atoms with van der Waals surface area (Å²) in [6.45, 7) is -0.449. The smallest absolute Gasteiger partial charge is 0.391 e. The highest BCUT2D eigenvalue weighted by Crippen LogP contribution is 2.48. The Hall–Kier alpha value is -7.42. The molecule has 2 aliphatic heterocycles. The minimum atomic E-state index is -4.90. The van der Waals surface area contributed by atoms with Crippen LogP contribution in [0.2, 0.25) is 0 Å². The molecule has 2 aliphatic rings. The maximum atomic E-state index is 14.2. The van der Waals surface area contributed by atoms with Gasteiger partial charge in [-0.25, -0.2) is 17.4 Å². The molecule has 67 heavy (non-hydrogen) atoms. The van der Waals surface area contributed by atoms with Gasteiger partial charge in [-0.2, -0.15) is 9.98 Å². The number of benzene rings is 4. The molecule has 4 bridgehead atoms.